The van der Waals surface area contributed by atoms with Crippen molar-refractivity contribution in [1.29, 1.82) is 5.41 Å². The van der Waals surface area contributed by atoms with Crippen LogP contribution in [0.4, 0.5) is 0 Å². The third-order valence-electron chi connectivity index (χ3n) is 4.85. The first-order valence-electron chi connectivity index (χ1n) is 9.14. The number of aryl methyl sites for hydroxylation is 1. The van der Waals surface area contributed by atoms with Crippen LogP contribution >= 0.6 is 0 Å². The summed E-state index contributed by atoms with van der Waals surface area (Å²) in [5.41, 5.74) is 5.05. The number of ether oxygens (including phenoxy) is 1. The minimum absolute atomic E-state index is 0.00786. The number of nitrogens with two attached hydrogens (primary N) is 1. The smallest absolute Gasteiger partial charge is 0.333 e. The molecule has 3 aromatic rings. The van der Waals surface area contributed by atoms with Gasteiger partial charge in [-0.25, -0.2) is 14.3 Å². The number of fused-ring (bicyclic) bond motifs is 1. The van der Waals surface area contributed by atoms with Crippen molar-refractivity contribution in [2.75, 3.05) is 14.2 Å². The van der Waals surface area contributed by atoms with Gasteiger partial charge in [-0.15, -0.1) is 0 Å². The highest BCUT2D eigenvalue weighted by Crippen LogP contribution is 2.19. The Labute approximate surface area is 175 Å². The van der Waals surface area contributed by atoms with Crippen molar-refractivity contribution in [3.63, 3.8) is 0 Å². The maximum Gasteiger partial charge on any atom is 0.333 e. The fourth-order valence-electron chi connectivity index (χ4n) is 3.14. The molecule has 0 radical (unpaired) electrons. The zero-order chi connectivity index (χ0) is 22.9. The number of amides is 1. The first-order chi connectivity index (χ1) is 14.7. The molecule has 2 aromatic heterocycles. The van der Waals surface area contributed by atoms with Gasteiger partial charge in [-0.1, -0.05) is 24.3 Å². The molecule has 162 valence electrons. The van der Waals surface area contributed by atoms with E-state index in [9.17, 15) is 19.2 Å². The lowest BCUT2D eigenvalue weighted by Gasteiger charge is -2.17. The van der Waals surface area contributed by atoms with Crippen LogP contribution in [0.15, 0.2) is 33.9 Å². The van der Waals surface area contributed by atoms with Gasteiger partial charge in [0.2, 0.25) is 5.91 Å². The molecule has 0 aliphatic rings. The van der Waals surface area contributed by atoms with E-state index in [4.69, 9.17) is 11.1 Å². The molecule has 2 heterocycles. The van der Waals surface area contributed by atoms with E-state index in [2.05, 4.69) is 20.0 Å². The van der Waals surface area contributed by atoms with E-state index in [1.54, 1.807) is 24.3 Å². The van der Waals surface area contributed by atoms with Crippen LogP contribution in [0.3, 0.4) is 0 Å². The van der Waals surface area contributed by atoms with Crippen molar-refractivity contribution >= 4 is 28.9 Å². The first kappa shape index (κ1) is 21.5. The Morgan fingerprint density at radius 3 is 2.48 bits per heavy atom. The van der Waals surface area contributed by atoms with Gasteiger partial charge in [0.05, 0.1) is 13.5 Å². The zero-order valence-corrected chi connectivity index (χ0v) is 17.1. The molecule has 31 heavy (non-hydrogen) atoms. The Bertz CT molecular complexity index is 1300. The van der Waals surface area contributed by atoms with E-state index < -0.39 is 35.6 Å². The Kier molecular flexibility index (Phi) is 5.72. The molecule has 12 heteroatoms. The van der Waals surface area contributed by atoms with Crippen LogP contribution in [0, 0.1) is 5.41 Å². The average Bonchev–Trinajstić information content (AvgIpc) is 3.22. The fourth-order valence-corrected chi connectivity index (χ4v) is 3.14. The van der Waals surface area contributed by atoms with Crippen LogP contribution < -0.4 is 22.3 Å². The number of H-pyrrole nitrogens is 1. The topological polar surface area (TPSA) is 178 Å². The summed E-state index contributed by atoms with van der Waals surface area (Å²) >= 11 is 0. The molecule has 12 nitrogen and oxygen atoms in total. The zero-order valence-electron chi connectivity index (χ0n) is 17.1. The van der Waals surface area contributed by atoms with Gasteiger partial charge in [0.25, 0.3) is 5.56 Å². The van der Waals surface area contributed by atoms with E-state index in [0.29, 0.717) is 21.5 Å². The van der Waals surface area contributed by atoms with Crippen LogP contribution in [0.2, 0.25) is 0 Å². The molecule has 0 aliphatic carbocycles. The SMILES string of the molecule is CNC(=O)C(CC(=O)OC)n1c(=O)c2[nH]c(-c3ccc(C(=N)N)cc3)nc2n(C)c1=O. The summed E-state index contributed by atoms with van der Waals surface area (Å²) in [7, 11) is 3.88. The molecule has 0 saturated carbocycles. The molecule has 0 spiro atoms. The van der Waals surface area contributed by atoms with Crippen molar-refractivity contribution in [1.82, 2.24) is 24.4 Å². The fraction of sp³-hybridized carbons (Fsp3) is 0.263. The number of hydrogen-bond acceptors (Lipinski definition) is 7. The van der Waals surface area contributed by atoms with Gasteiger partial charge in [0.1, 0.15) is 23.2 Å². The van der Waals surface area contributed by atoms with Gasteiger partial charge in [0.15, 0.2) is 5.65 Å². The lowest BCUT2D eigenvalue weighted by atomic mass is 10.1. The van der Waals surface area contributed by atoms with Crippen molar-refractivity contribution in [2.24, 2.45) is 12.8 Å². The third-order valence-corrected chi connectivity index (χ3v) is 4.85. The number of aromatic nitrogens is 4. The van der Waals surface area contributed by atoms with Crippen molar-refractivity contribution < 1.29 is 14.3 Å². The van der Waals surface area contributed by atoms with Gasteiger partial charge >= 0.3 is 11.7 Å². The van der Waals surface area contributed by atoms with Gasteiger partial charge < -0.3 is 20.8 Å². The Morgan fingerprint density at radius 1 is 1.29 bits per heavy atom. The second-order valence-corrected chi connectivity index (χ2v) is 6.70. The number of rotatable bonds is 6. The largest absolute Gasteiger partial charge is 0.469 e. The van der Waals surface area contributed by atoms with Crippen LogP contribution in [0.1, 0.15) is 18.0 Å². The Hall–Kier alpha value is -4.22. The number of nitrogens with zero attached hydrogens (tertiary/aromatic N) is 3. The summed E-state index contributed by atoms with van der Waals surface area (Å²) in [6, 6.07) is 5.18. The normalized spacial score (nSPS) is 11.8. The van der Waals surface area contributed by atoms with Crippen LogP contribution in [0.5, 0.6) is 0 Å². The number of nitrogens with one attached hydrogen (secondary N) is 3. The molecule has 1 atom stereocenters. The average molecular weight is 427 g/mol. The number of likely N-dealkylation sites (N-methyl/N-ethyl adjacent to an activating group) is 1. The lowest BCUT2D eigenvalue weighted by Crippen LogP contribution is -2.46. The monoisotopic (exact) mass is 427 g/mol. The number of carbonyl (C=O) groups is 2. The van der Waals surface area contributed by atoms with Crippen molar-refractivity contribution in [3.8, 4) is 11.4 Å². The number of hydrogen-bond donors (Lipinski definition) is 4. The molecule has 3 rings (SSSR count). The second-order valence-electron chi connectivity index (χ2n) is 6.70. The lowest BCUT2D eigenvalue weighted by molar-refractivity contribution is -0.143. The number of nitrogen functional groups attached to an aromatic ring is 1. The predicted molar refractivity (Wildman–Crippen MR) is 112 cm³/mol. The summed E-state index contributed by atoms with van der Waals surface area (Å²) in [4.78, 5) is 57.4. The van der Waals surface area contributed by atoms with Crippen molar-refractivity contribution in [3.05, 3.63) is 50.7 Å². The number of aromatic amines is 1. The molecule has 0 aliphatic heterocycles. The summed E-state index contributed by atoms with van der Waals surface area (Å²) < 4.78 is 6.42. The highest BCUT2D eigenvalue weighted by atomic mass is 16.5. The van der Waals surface area contributed by atoms with E-state index in [1.807, 2.05) is 0 Å². The third kappa shape index (κ3) is 3.82. The van der Waals surface area contributed by atoms with Gasteiger partial charge in [-0.2, -0.15) is 0 Å². The highest BCUT2D eigenvalue weighted by molar-refractivity contribution is 5.95. The Balaban J connectivity index is 2.20. The summed E-state index contributed by atoms with van der Waals surface area (Å²) in [6.07, 6.45) is -0.496. The van der Waals surface area contributed by atoms with E-state index in [1.165, 1.54) is 14.1 Å². The number of esters is 1. The van der Waals surface area contributed by atoms with E-state index in [-0.39, 0.29) is 17.0 Å². The Morgan fingerprint density at radius 2 is 1.94 bits per heavy atom. The van der Waals surface area contributed by atoms with Gasteiger partial charge in [-0.3, -0.25) is 24.4 Å². The maximum atomic E-state index is 13.1. The number of amidine groups is 1. The van der Waals surface area contributed by atoms with Gasteiger partial charge in [0, 0.05) is 25.2 Å². The molecule has 0 saturated heterocycles. The van der Waals surface area contributed by atoms with Gasteiger partial charge in [-0.05, 0) is 0 Å². The molecule has 0 bridgehead atoms. The first-order valence-corrected chi connectivity index (χ1v) is 9.14. The van der Waals surface area contributed by atoms with Crippen LogP contribution in [-0.2, 0) is 21.4 Å². The molecule has 1 unspecified atom stereocenters. The maximum absolute atomic E-state index is 13.1. The van der Waals surface area contributed by atoms with Crippen molar-refractivity contribution in [2.45, 2.75) is 12.5 Å². The minimum atomic E-state index is -1.39. The minimum Gasteiger partial charge on any atom is -0.469 e. The predicted octanol–water partition coefficient (Wildman–Crippen LogP) is -0.775. The summed E-state index contributed by atoms with van der Waals surface area (Å²) in [6.45, 7) is 0. The molecule has 0 fully saturated rings. The molecule has 5 N–H and O–H groups in total. The molecular weight excluding hydrogens is 406 g/mol. The molecule has 1 amide bonds. The quantitative estimate of drug-likeness (QED) is 0.226. The second kappa shape index (κ2) is 8.26. The van der Waals surface area contributed by atoms with E-state index in [0.717, 1.165) is 11.7 Å². The number of imidazole rings is 1. The van der Waals surface area contributed by atoms with Crippen LogP contribution in [-0.4, -0.2) is 51.0 Å². The highest BCUT2D eigenvalue weighted by Gasteiger charge is 2.29. The van der Waals surface area contributed by atoms with Crippen LogP contribution in [0.25, 0.3) is 22.6 Å². The summed E-state index contributed by atoms with van der Waals surface area (Å²) in [5.74, 6) is -1.23. The number of benzene rings is 1. The molecular formula is C19H21N7O5. The number of methoxy groups -OCH3 is 1. The standard InChI is InChI=1S/C19H21N7O5/c1-22-17(28)11(8-12(27)31-3)26-18(29)13-16(25(2)19(26)30)24-15(23-13)10-6-4-9(5-7-10)14(20)21/h4-7,11H,8H2,1-3H3,(H3,20,21)(H,22,28)(H,23,24). The number of carbonyl (C=O) groups excluding carboxylic acids is 2. The van der Waals surface area contributed by atoms with E-state index >= 15 is 0 Å². The molecule has 1 aromatic carbocycles. The summed E-state index contributed by atoms with van der Waals surface area (Å²) in [5, 5.41) is 9.81.